The van der Waals surface area contributed by atoms with E-state index >= 15 is 0 Å². The summed E-state index contributed by atoms with van der Waals surface area (Å²) in [5.74, 6) is 0. The number of carbonyl (C=O) groups excluding carboxylic acids is 1. The molecule has 0 unspecified atom stereocenters. The van der Waals surface area contributed by atoms with E-state index in [4.69, 9.17) is 10.5 Å². The summed E-state index contributed by atoms with van der Waals surface area (Å²) in [6, 6.07) is 15.5. The molecule has 1 amide bonds. The van der Waals surface area contributed by atoms with Crippen molar-refractivity contribution in [2.75, 3.05) is 12.0 Å². The summed E-state index contributed by atoms with van der Waals surface area (Å²) < 4.78 is 32.6. The number of thioether (sulfide) groups is 1. The van der Waals surface area contributed by atoms with Crippen LogP contribution in [0.25, 0.3) is 11.1 Å². The van der Waals surface area contributed by atoms with Crippen molar-refractivity contribution in [3.63, 3.8) is 0 Å². The second-order valence-corrected chi connectivity index (χ2v) is 12.0. The average molecular weight is 504 g/mol. The van der Waals surface area contributed by atoms with Crippen LogP contribution < -0.4 is 11.1 Å². The highest BCUT2D eigenvalue weighted by molar-refractivity contribution is 8.01. The minimum atomic E-state index is -3.79. The van der Waals surface area contributed by atoms with E-state index < -0.39 is 21.5 Å². The van der Waals surface area contributed by atoms with Crippen molar-refractivity contribution in [3.05, 3.63) is 54.6 Å². The van der Waals surface area contributed by atoms with Gasteiger partial charge in [0.1, 0.15) is 10.6 Å². The van der Waals surface area contributed by atoms with Gasteiger partial charge in [-0.3, -0.25) is 5.32 Å². The number of sulfone groups is 1. The molecule has 174 valence electrons. The SMILES string of the molecule is CSc1sc(N=CNC(=O)OC(C)(C)C)cc1S(=O)(=O)c1cccc(-c2cccc(N)c2)c1. The molecule has 0 aliphatic heterocycles. The number of benzene rings is 2. The highest BCUT2D eigenvalue weighted by Crippen LogP contribution is 2.41. The number of alkyl carbamates (subject to hydrolysis) is 1. The molecular weight excluding hydrogens is 478 g/mol. The zero-order chi connectivity index (χ0) is 24.2. The number of carbonyl (C=O) groups is 1. The van der Waals surface area contributed by atoms with Crippen LogP contribution in [-0.4, -0.2) is 32.7 Å². The Labute approximate surface area is 202 Å². The molecule has 0 bridgehead atoms. The Balaban J connectivity index is 1.88. The zero-order valence-electron chi connectivity index (χ0n) is 18.7. The lowest BCUT2D eigenvalue weighted by atomic mass is 10.1. The summed E-state index contributed by atoms with van der Waals surface area (Å²) in [7, 11) is -3.79. The number of hydrogen-bond acceptors (Lipinski definition) is 8. The lowest BCUT2D eigenvalue weighted by Crippen LogP contribution is -2.31. The third-order valence-corrected chi connectivity index (χ3v) is 8.48. The molecule has 0 spiro atoms. The molecule has 0 atom stereocenters. The molecule has 1 heterocycles. The highest BCUT2D eigenvalue weighted by Gasteiger charge is 2.24. The first-order valence-electron chi connectivity index (χ1n) is 9.90. The van der Waals surface area contributed by atoms with Crippen LogP contribution >= 0.6 is 23.1 Å². The van der Waals surface area contributed by atoms with E-state index in [0.29, 0.717) is 14.9 Å². The molecule has 0 aliphatic rings. The Morgan fingerprint density at radius 1 is 1.12 bits per heavy atom. The Bertz CT molecular complexity index is 1290. The van der Waals surface area contributed by atoms with Gasteiger partial charge in [-0.1, -0.05) is 24.3 Å². The fraction of sp³-hybridized carbons (Fsp3) is 0.217. The van der Waals surface area contributed by atoms with Gasteiger partial charge in [0.15, 0.2) is 0 Å². The molecule has 7 nitrogen and oxygen atoms in total. The summed E-state index contributed by atoms with van der Waals surface area (Å²) in [5.41, 5.74) is 7.43. The largest absolute Gasteiger partial charge is 0.444 e. The number of nitrogens with two attached hydrogens (primary N) is 1. The quantitative estimate of drug-likeness (QED) is 0.192. The van der Waals surface area contributed by atoms with Crippen LogP contribution in [0.4, 0.5) is 15.5 Å². The first-order valence-corrected chi connectivity index (χ1v) is 13.4. The first-order chi connectivity index (χ1) is 15.5. The van der Waals surface area contributed by atoms with Crippen molar-refractivity contribution >= 4 is 56.1 Å². The summed E-state index contributed by atoms with van der Waals surface area (Å²) >= 11 is 2.55. The molecule has 3 aromatic rings. The van der Waals surface area contributed by atoms with Crippen LogP contribution in [0.2, 0.25) is 0 Å². The number of nitrogens with zero attached hydrogens (tertiary/aromatic N) is 1. The molecule has 0 saturated heterocycles. The third kappa shape index (κ3) is 6.37. The number of hydrogen-bond donors (Lipinski definition) is 2. The second kappa shape index (κ2) is 9.98. The van der Waals surface area contributed by atoms with E-state index in [1.54, 1.807) is 57.4 Å². The molecule has 1 aromatic heterocycles. The molecule has 10 heteroatoms. The molecule has 0 saturated carbocycles. The van der Waals surface area contributed by atoms with Gasteiger partial charge >= 0.3 is 6.09 Å². The van der Waals surface area contributed by atoms with Gasteiger partial charge in [0.25, 0.3) is 0 Å². The fourth-order valence-corrected chi connectivity index (χ4v) is 6.75. The summed E-state index contributed by atoms with van der Waals surface area (Å²) in [6.45, 7) is 5.27. The van der Waals surface area contributed by atoms with E-state index in [1.165, 1.54) is 35.5 Å². The zero-order valence-corrected chi connectivity index (χ0v) is 21.1. The highest BCUT2D eigenvalue weighted by atomic mass is 32.2. The number of ether oxygens (including phenoxy) is 1. The number of aliphatic imine (C=N–C) groups is 1. The number of thiophene rings is 1. The van der Waals surface area contributed by atoms with Crippen molar-refractivity contribution in [1.82, 2.24) is 5.32 Å². The Morgan fingerprint density at radius 2 is 1.79 bits per heavy atom. The van der Waals surface area contributed by atoms with Crippen LogP contribution in [0.5, 0.6) is 0 Å². The second-order valence-electron chi connectivity index (χ2n) is 8.00. The molecule has 33 heavy (non-hydrogen) atoms. The molecule has 3 rings (SSSR count). The van der Waals surface area contributed by atoms with Crippen LogP contribution in [0.15, 0.2) is 73.6 Å². The lowest BCUT2D eigenvalue weighted by molar-refractivity contribution is 0.0565. The Hall–Kier alpha value is -2.82. The number of nitrogen functional groups attached to an aromatic ring is 1. The van der Waals surface area contributed by atoms with Crippen LogP contribution in [0.1, 0.15) is 20.8 Å². The van der Waals surface area contributed by atoms with Crippen LogP contribution in [0, 0.1) is 0 Å². The monoisotopic (exact) mass is 503 g/mol. The van der Waals surface area contributed by atoms with Gasteiger partial charge in [-0.15, -0.1) is 23.1 Å². The maximum Gasteiger partial charge on any atom is 0.412 e. The smallest absolute Gasteiger partial charge is 0.412 e. The minimum Gasteiger partial charge on any atom is -0.444 e. The van der Waals surface area contributed by atoms with Gasteiger partial charge in [-0.05, 0) is 68.5 Å². The van der Waals surface area contributed by atoms with Gasteiger partial charge in [-0.25, -0.2) is 18.2 Å². The van der Waals surface area contributed by atoms with E-state index in [-0.39, 0.29) is 9.79 Å². The average Bonchev–Trinajstić information content (AvgIpc) is 3.17. The van der Waals surface area contributed by atoms with E-state index in [2.05, 4.69) is 10.3 Å². The van der Waals surface area contributed by atoms with Crippen molar-refractivity contribution in [2.24, 2.45) is 4.99 Å². The molecular formula is C23H25N3O4S3. The summed E-state index contributed by atoms with van der Waals surface area (Å²) in [5, 5.41) is 2.87. The standard InChI is InChI=1S/C23H25N3O4S3/c1-23(2,3)30-22(27)26-14-25-20-13-19(21(31-4)32-20)33(28,29)18-10-6-8-16(12-18)15-7-5-9-17(24)11-15/h5-14H,24H2,1-4H3,(H,25,26,27). The van der Waals surface area contributed by atoms with Gasteiger partial charge in [0.05, 0.1) is 20.3 Å². The van der Waals surface area contributed by atoms with Gasteiger partial charge in [-0.2, -0.15) is 0 Å². The molecule has 0 radical (unpaired) electrons. The van der Waals surface area contributed by atoms with E-state index in [0.717, 1.165) is 11.1 Å². The Kier molecular flexibility index (Phi) is 7.51. The van der Waals surface area contributed by atoms with Crippen molar-refractivity contribution in [2.45, 2.75) is 40.4 Å². The molecule has 3 N–H and O–H groups in total. The number of nitrogens with one attached hydrogen (secondary N) is 1. The maximum atomic E-state index is 13.4. The molecule has 0 fully saturated rings. The van der Waals surface area contributed by atoms with Crippen molar-refractivity contribution < 1.29 is 17.9 Å². The first kappa shape index (κ1) is 24.8. The normalized spacial score (nSPS) is 12.1. The topological polar surface area (TPSA) is 111 Å². The van der Waals surface area contributed by atoms with Gasteiger partial charge in [0, 0.05) is 5.69 Å². The Morgan fingerprint density at radius 3 is 2.42 bits per heavy atom. The predicted octanol–water partition coefficient (Wildman–Crippen LogP) is 5.74. The third-order valence-electron chi connectivity index (χ3n) is 4.27. The van der Waals surface area contributed by atoms with Crippen LogP contribution in [0.3, 0.4) is 0 Å². The molecule has 2 aromatic carbocycles. The van der Waals surface area contributed by atoms with Crippen molar-refractivity contribution in [1.29, 1.82) is 0 Å². The van der Waals surface area contributed by atoms with Gasteiger partial charge in [0.2, 0.25) is 9.84 Å². The van der Waals surface area contributed by atoms with Crippen molar-refractivity contribution in [3.8, 4) is 11.1 Å². The molecule has 0 aliphatic carbocycles. The number of anilines is 1. The van der Waals surface area contributed by atoms with E-state index in [1.807, 2.05) is 18.2 Å². The lowest BCUT2D eigenvalue weighted by Gasteiger charge is -2.18. The number of rotatable bonds is 6. The fourth-order valence-electron chi connectivity index (χ4n) is 2.88. The van der Waals surface area contributed by atoms with Gasteiger partial charge < -0.3 is 10.5 Å². The van der Waals surface area contributed by atoms with E-state index in [9.17, 15) is 13.2 Å². The predicted molar refractivity (Wildman–Crippen MR) is 135 cm³/mol. The summed E-state index contributed by atoms with van der Waals surface area (Å²) in [4.78, 5) is 16.3. The summed E-state index contributed by atoms with van der Waals surface area (Å²) in [6.07, 6.45) is 2.36. The number of amides is 1. The maximum absolute atomic E-state index is 13.4. The minimum absolute atomic E-state index is 0.175. The van der Waals surface area contributed by atoms with Crippen LogP contribution in [-0.2, 0) is 14.6 Å².